The topological polar surface area (TPSA) is 43.9 Å². The minimum atomic E-state index is 0.102. The molecule has 2 aliphatic heterocycles. The number of aryl methyl sites for hydroxylation is 1. The predicted octanol–water partition coefficient (Wildman–Crippen LogP) is 2.65. The van der Waals surface area contributed by atoms with Crippen LogP contribution in [-0.2, 0) is 4.79 Å². The Balaban J connectivity index is 1.53. The van der Waals surface area contributed by atoms with Crippen molar-refractivity contribution in [2.24, 2.45) is 11.8 Å². The van der Waals surface area contributed by atoms with Crippen LogP contribution in [0.1, 0.15) is 42.6 Å². The minimum absolute atomic E-state index is 0.102. The second-order valence-corrected chi connectivity index (χ2v) is 8.54. The van der Waals surface area contributed by atoms with E-state index in [4.69, 9.17) is 0 Å². The summed E-state index contributed by atoms with van der Waals surface area (Å²) in [6.45, 7) is 11.8. The lowest BCUT2D eigenvalue weighted by atomic mass is 9.92. The molecule has 3 rings (SSSR count). The molecular weight excluding hydrogens is 338 g/mol. The number of rotatable bonds is 3. The number of carbonyl (C=O) groups excluding carboxylic acids is 2. The smallest absolute Gasteiger partial charge is 0.253 e. The van der Waals surface area contributed by atoms with Crippen LogP contribution in [0.25, 0.3) is 0 Å². The molecule has 2 amide bonds. The van der Waals surface area contributed by atoms with Crippen molar-refractivity contribution >= 4 is 11.8 Å². The van der Waals surface area contributed by atoms with Gasteiger partial charge in [-0.2, -0.15) is 0 Å². The zero-order chi connectivity index (χ0) is 19.4. The van der Waals surface area contributed by atoms with E-state index in [0.29, 0.717) is 24.9 Å². The monoisotopic (exact) mass is 371 g/mol. The maximum absolute atomic E-state index is 12.8. The van der Waals surface area contributed by atoms with Gasteiger partial charge in [0, 0.05) is 44.8 Å². The maximum Gasteiger partial charge on any atom is 0.253 e. The summed E-state index contributed by atoms with van der Waals surface area (Å²) < 4.78 is 0. The van der Waals surface area contributed by atoms with Gasteiger partial charge in [-0.1, -0.05) is 31.5 Å². The SMILES string of the molecule is Cc1cccc(C(=O)N2CCCN(CC(=O)N3CC(C)CC(C)C3)CC2)c1. The van der Waals surface area contributed by atoms with Crippen LogP contribution in [0.3, 0.4) is 0 Å². The molecule has 0 N–H and O–H groups in total. The quantitative estimate of drug-likeness (QED) is 0.820. The molecule has 1 aromatic rings. The van der Waals surface area contributed by atoms with Crippen LogP contribution in [0.5, 0.6) is 0 Å². The molecule has 0 bridgehead atoms. The van der Waals surface area contributed by atoms with Crippen molar-refractivity contribution in [1.82, 2.24) is 14.7 Å². The highest BCUT2D eigenvalue weighted by atomic mass is 16.2. The van der Waals surface area contributed by atoms with Crippen molar-refractivity contribution in [3.63, 3.8) is 0 Å². The summed E-state index contributed by atoms with van der Waals surface area (Å²) in [5.41, 5.74) is 1.86. The first-order valence-corrected chi connectivity index (χ1v) is 10.3. The molecule has 148 valence electrons. The van der Waals surface area contributed by atoms with Gasteiger partial charge in [0.05, 0.1) is 6.54 Å². The summed E-state index contributed by atoms with van der Waals surface area (Å²) in [6.07, 6.45) is 2.13. The molecule has 0 radical (unpaired) electrons. The van der Waals surface area contributed by atoms with E-state index in [0.717, 1.165) is 50.3 Å². The van der Waals surface area contributed by atoms with E-state index in [1.165, 1.54) is 6.42 Å². The first-order chi connectivity index (χ1) is 12.9. The van der Waals surface area contributed by atoms with Gasteiger partial charge < -0.3 is 9.80 Å². The van der Waals surface area contributed by atoms with Crippen molar-refractivity contribution in [1.29, 1.82) is 0 Å². The van der Waals surface area contributed by atoms with Crippen LogP contribution in [0, 0.1) is 18.8 Å². The third-order valence-corrected chi connectivity index (χ3v) is 5.72. The summed E-state index contributed by atoms with van der Waals surface area (Å²) in [4.78, 5) is 31.7. The Morgan fingerprint density at radius 2 is 1.74 bits per heavy atom. The van der Waals surface area contributed by atoms with Crippen molar-refractivity contribution in [3.05, 3.63) is 35.4 Å². The highest BCUT2D eigenvalue weighted by Gasteiger charge is 2.27. The second kappa shape index (κ2) is 8.87. The minimum Gasteiger partial charge on any atom is -0.341 e. The lowest BCUT2D eigenvalue weighted by Gasteiger charge is -2.36. The van der Waals surface area contributed by atoms with E-state index < -0.39 is 0 Å². The fourth-order valence-corrected chi connectivity index (χ4v) is 4.45. The molecule has 2 unspecified atom stereocenters. The summed E-state index contributed by atoms with van der Waals surface area (Å²) in [5, 5.41) is 0. The lowest BCUT2D eigenvalue weighted by molar-refractivity contribution is -0.135. The van der Waals surface area contributed by atoms with Gasteiger partial charge in [-0.15, -0.1) is 0 Å². The van der Waals surface area contributed by atoms with E-state index in [1.54, 1.807) is 0 Å². The van der Waals surface area contributed by atoms with E-state index in [-0.39, 0.29) is 11.8 Å². The molecule has 2 atom stereocenters. The van der Waals surface area contributed by atoms with Crippen LogP contribution >= 0.6 is 0 Å². The molecule has 0 spiro atoms. The normalized spacial score (nSPS) is 24.6. The van der Waals surface area contributed by atoms with Crippen LogP contribution in [0.2, 0.25) is 0 Å². The molecule has 5 heteroatoms. The Morgan fingerprint density at radius 1 is 1.00 bits per heavy atom. The molecule has 1 aromatic carbocycles. The Bertz CT molecular complexity index is 665. The second-order valence-electron chi connectivity index (χ2n) is 8.54. The van der Waals surface area contributed by atoms with Gasteiger partial charge in [0.15, 0.2) is 0 Å². The van der Waals surface area contributed by atoms with Crippen LogP contribution in [0.15, 0.2) is 24.3 Å². The van der Waals surface area contributed by atoms with Crippen molar-refractivity contribution in [2.45, 2.75) is 33.6 Å². The van der Waals surface area contributed by atoms with E-state index in [9.17, 15) is 9.59 Å². The standard InChI is InChI=1S/C22H33N3O2/c1-17-6-4-7-20(13-17)22(27)24-9-5-8-23(10-11-24)16-21(26)25-14-18(2)12-19(3)15-25/h4,6-7,13,18-19H,5,8-12,14-16H2,1-3H3. The third kappa shape index (κ3) is 5.32. The predicted molar refractivity (Wildman–Crippen MR) is 108 cm³/mol. The lowest BCUT2D eigenvalue weighted by Crippen LogP contribution is -2.47. The van der Waals surface area contributed by atoms with E-state index in [2.05, 4.69) is 18.7 Å². The number of nitrogens with zero attached hydrogens (tertiary/aromatic N) is 3. The Kier molecular flexibility index (Phi) is 6.53. The van der Waals surface area contributed by atoms with Gasteiger partial charge in [0.25, 0.3) is 5.91 Å². The molecule has 0 aliphatic carbocycles. The number of amides is 2. The van der Waals surface area contributed by atoms with Crippen molar-refractivity contribution in [2.75, 3.05) is 45.8 Å². The van der Waals surface area contributed by atoms with Crippen molar-refractivity contribution in [3.8, 4) is 0 Å². The van der Waals surface area contributed by atoms with Crippen molar-refractivity contribution < 1.29 is 9.59 Å². The van der Waals surface area contributed by atoms with E-state index >= 15 is 0 Å². The first kappa shape index (κ1) is 19.9. The fourth-order valence-electron chi connectivity index (χ4n) is 4.45. The van der Waals surface area contributed by atoms with Gasteiger partial charge in [-0.05, 0) is 43.7 Å². The Hall–Kier alpha value is -1.88. The fraction of sp³-hybridized carbons (Fsp3) is 0.636. The van der Waals surface area contributed by atoms with Crippen LogP contribution < -0.4 is 0 Å². The van der Waals surface area contributed by atoms with Gasteiger partial charge in [0.1, 0.15) is 0 Å². The summed E-state index contributed by atoms with van der Waals surface area (Å²) >= 11 is 0. The van der Waals surface area contributed by atoms with Gasteiger partial charge >= 0.3 is 0 Å². The molecule has 5 nitrogen and oxygen atoms in total. The largest absolute Gasteiger partial charge is 0.341 e. The summed E-state index contributed by atoms with van der Waals surface area (Å²) in [7, 11) is 0. The van der Waals surface area contributed by atoms with E-state index in [1.807, 2.05) is 41.0 Å². The molecule has 2 aliphatic rings. The Morgan fingerprint density at radius 3 is 2.44 bits per heavy atom. The number of hydrogen-bond donors (Lipinski definition) is 0. The van der Waals surface area contributed by atoms with Crippen LogP contribution in [0.4, 0.5) is 0 Å². The van der Waals surface area contributed by atoms with Crippen LogP contribution in [-0.4, -0.2) is 72.3 Å². The summed E-state index contributed by atoms with van der Waals surface area (Å²) in [5.74, 6) is 1.52. The molecule has 2 fully saturated rings. The molecule has 2 heterocycles. The summed E-state index contributed by atoms with van der Waals surface area (Å²) in [6, 6.07) is 7.79. The van der Waals surface area contributed by atoms with Gasteiger partial charge in [-0.25, -0.2) is 0 Å². The first-order valence-electron chi connectivity index (χ1n) is 10.3. The average Bonchev–Trinajstić information content (AvgIpc) is 2.86. The molecule has 2 saturated heterocycles. The maximum atomic E-state index is 12.8. The number of hydrogen-bond acceptors (Lipinski definition) is 3. The average molecular weight is 372 g/mol. The zero-order valence-corrected chi connectivity index (χ0v) is 17.0. The molecular formula is C22H33N3O2. The highest BCUT2D eigenvalue weighted by molar-refractivity contribution is 5.94. The number of benzene rings is 1. The number of carbonyl (C=O) groups is 2. The Labute approximate surface area is 163 Å². The van der Waals surface area contributed by atoms with Gasteiger partial charge in [-0.3, -0.25) is 14.5 Å². The molecule has 0 saturated carbocycles. The number of piperidine rings is 1. The zero-order valence-electron chi connectivity index (χ0n) is 17.0. The number of likely N-dealkylation sites (tertiary alicyclic amines) is 1. The van der Waals surface area contributed by atoms with Gasteiger partial charge in [0.2, 0.25) is 5.91 Å². The molecule has 0 aromatic heterocycles. The third-order valence-electron chi connectivity index (χ3n) is 5.72. The highest BCUT2D eigenvalue weighted by Crippen LogP contribution is 2.21. The molecule has 27 heavy (non-hydrogen) atoms.